The van der Waals surface area contributed by atoms with Crippen LogP contribution in [-0.4, -0.2) is 35.5 Å². The lowest BCUT2D eigenvalue weighted by Crippen LogP contribution is -2.51. The molecule has 1 aliphatic rings. The lowest BCUT2D eigenvalue weighted by atomic mass is 10.0. The molecule has 1 aromatic rings. The lowest BCUT2D eigenvalue weighted by Gasteiger charge is -2.18. The highest BCUT2D eigenvalue weighted by molar-refractivity contribution is 5.89. The summed E-state index contributed by atoms with van der Waals surface area (Å²) in [5.41, 5.74) is 6.16. The molecular formula is C14H19N3O3. The number of nitrogens with one attached hydrogen (secondary N) is 2. The molecule has 1 unspecified atom stereocenters. The van der Waals surface area contributed by atoms with Crippen molar-refractivity contribution in [1.29, 1.82) is 0 Å². The molecule has 20 heavy (non-hydrogen) atoms. The molecule has 2 atom stereocenters. The number of nitrogens with two attached hydrogens (primary N) is 1. The molecule has 0 aromatic heterocycles. The van der Waals surface area contributed by atoms with Crippen LogP contribution in [0, 0.1) is 0 Å². The van der Waals surface area contributed by atoms with E-state index in [-0.39, 0.29) is 17.7 Å². The molecule has 108 valence electrons. The van der Waals surface area contributed by atoms with Crippen molar-refractivity contribution in [2.24, 2.45) is 5.73 Å². The SMILES string of the molecule is NC(=O)[C@H](Cc1ccc(O)cc1)NC(=O)C1CCCN1. The van der Waals surface area contributed by atoms with E-state index in [0.29, 0.717) is 6.42 Å². The van der Waals surface area contributed by atoms with Gasteiger partial charge in [0.25, 0.3) is 0 Å². The van der Waals surface area contributed by atoms with Crippen LogP contribution in [0.5, 0.6) is 5.75 Å². The van der Waals surface area contributed by atoms with E-state index in [4.69, 9.17) is 5.73 Å². The average molecular weight is 277 g/mol. The number of primary amides is 1. The fraction of sp³-hybridized carbons (Fsp3) is 0.429. The molecule has 1 fully saturated rings. The normalized spacial score (nSPS) is 19.5. The van der Waals surface area contributed by atoms with Crippen LogP contribution in [0.4, 0.5) is 0 Å². The number of aromatic hydroxyl groups is 1. The maximum atomic E-state index is 12.0. The average Bonchev–Trinajstić information content (AvgIpc) is 2.94. The summed E-state index contributed by atoms with van der Waals surface area (Å²) in [6, 6.07) is 5.49. The van der Waals surface area contributed by atoms with Gasteiger partial charge in [0.05, 0.1) is 6.04 Å². The molecule has 1 saturated heterocycles. The highest BCUT2D eigenvalue weighted by Gasteiger charge is 2.26. The fourth-order valence-corrected chi connectivity index (χ4v) is 2.27. The van der Waals surface area contributed by atoms with Gasteiger partial charge in [0.2, 0.25) is 11.8 Å². The number of hydrogen-bond donors (Lipinski definition) is 4. The highest BCUT2D eigenvalue weighted by Crippen LogP contribution is 2.12. The molecule has 0 spiro atoms. The number of carbonyl (C=O) groups is 2. The maximum absolute atomic E-state index is 12.0. The van der Waals surface area contributed by atoms with Gasteiger partial charge in [-0.25, -0.2) is 0 Å². The lowest BCUT2D eigenvalue weighted by molar-refractivity contribution is -0.128. The van der Waals surface area contributed by atoms with Crippen LogP contribution in [0.2, 0.25) is 0 Å². The third kappa shape index (κ3) is 3.71. The van der Waals surface area contributed by atoms with Crippen molar-refractivity contribution in [3.63, 3.8) is 0 Å². The number of phenols is 1. The Morgan fingerprint density at radius 2 is 2.10 bits per heavy atom. The molecule has 6 nitrogen and oxygen atoms in total. The Labute approximate surface area is 117 Å². The molecule has 1 aromatic carbocycles. The van der Waals surface area contributed by atoms with Gasteiger partial charge in [-0.1, -0.05) is 12.1 Å². The Hall–Kier alpha value is -2.08. The summed E-state index contributed by atoms with van der Waals surface area (Å²) in [5, 5.41) is 15.0. The zero-order valence-corrected chi connectivity index (χ0v) is 11.1. The van der Waals surface area contributed by atoms with Crippen LogP contribution in [0.1, 0.15) is 18.4 Å². The van der Waals surface area contributed by atoms with E-state index in [0.717, 1.165) is 24.9 Å². The molecular weight excluding hydrogens is 258 g/mol. The molecule has 0 radical (unpaired) electrons. The van der Waals surface area contributed by atoms with Gasteiger partial charge in [-0.15, -0.1) is 0 Å². The van der Waals surface area contributed by atoms with Crippen LogP contribution in [0.3, 0.4) is 0 Å². The third-order valence-electron chi connectivity index (χ3n) is 3.41. The van der Waals surface area contributed by atoms with Crippen LogP contribution in [-0.2, 0) is 16.0 Å². The van der Waals surface area contributed by atoms with E-state index in [9.17, 15) is 14.7 Å². The molecule has 6 heteroatoms. The molecule has 1 aliphatic heterocycles. The van der Waals surface area contributed by atoms with Crippen molar-refractivity contribution >= 4 is 11.8 Å². The summed E-state index contributed by atoms with van der Waals surface area (Å²) in [6.45, 7) is 0.817. The number of phenolic OH excluding ortho intramolecular Hbond substituents is 1. The Bertz CT molecular complexity index is 481. The van der Waals surface area contributed by atoms with Crippen LogP contribution in [0.15, 0.2) is 24.3 Å². The van der Waals surface area contributed by atoms with Crippen molar-refractivity contribution in [3.05, 3.63) is 29.8 Å². The molecule has 0 bridgehead atoms. The van der Waals surface area contributed by atoms with Gasteiger partial charge in [-0.05, 0) is 37.1 Å². The van der Waals surface area contributed by atoms with Crippen LogP contribution < -0.4 is 16.4 Å². The monoisotopic (exact) mass is 277 g/mol. The summed E-state index contributed by atoms with van der Waals surface area (Å²) in [7, 11) is 0. The molecule has 0 aliphatic carbocycles. The number of rotatable bonds is 5. The largest absolute Gasteiger partial charge is 0.508 e. The second kappa shape index (κ2) is 6.38. The van der Waals surface area contributed by atoms with Crippen molar-refractivity contribution in [2.45, 2.75) is 31.3 Å². The molecule has 1 heterocycles. The summed E-state index contributed by atoms with van der Waals surface area (Å²) in [5.74, 6) is -0.599. The van der Waals surface area contributed by atoms with E-state index < -0.39 is 11.9 Å². The standard InChI is InChI=1S/C14H19N3O3/c15-13(19)12(8-9-3-5-10(18)6-4-9)17-14(20)11-2-1-7-16-11/h3-6,11-12,16,18H,1-2,7-8H2,(H2,15,19)(H,17,20)/t11?,12-/m0/s1. The van der Waals surface area contributed by atoms with Crippen molar-refractivity contribution in [2.75, 3.05) is 6.54 Å². The quantitative estimate of drug-likeness (QED) is 0.591. The van der Waals surface area contributed by atoms with Gasteiger partial charge in [0.15, 0.2) is 0 Å². The predicted molar refractivity (Wildman–Crippen MR) is 74.0 cm³/mol. The van der Waals surface area contributed by atoms with Crippen LogP contribution >= 0.6 is 0 Å². The van der Waals surface area contributed by atoms with Crippen molar-refractivity contribution in [3.8, 4) is 5.75 Å². The summed E-state index contributed by atoms with van der Waals surface area (Å²) in [4.78, 5) is 23.4. The third-order valence-corrected chi connectivity index (χ3v) is 3.41. The maximum Gasteiger partial charge on any atom is 0.240 e. The van der Waals surface area contributed by atoms with Gasteiger partial charge in [0, 0.05) is 6.42 Å². The first-order chi connectivity index (χ1) is 9.56. The molecule has 5 N–H and O–H groups in total. The van der Waals surface area contributed by atoms with Gasteiger partial charge >= 0.3 is 0 Å². The molecule has 0 saturated carbocycles. The second-order valence-electron chi connectivity index (χ2n) is 4.98. The molecule has 2 rings (SSSR count). The van der Waals surface area contributed by atoms with E-state index in [1.807, 2.05) is 0 Å². The van der Waals surface area contributed by atoms with Gasteiger partial charge in [0.1, 0.15) is 11.8 Å². The van der Waals surface area contributed by atoms with Gasteiger partial charge in [-0.2, -0.15) is 0 Å². The summed E-state index contributed by atoms with van der Waals surface area (Å²) in [6.07, 6.45) is 2.04. The Morgan fingerprint density at radius 3 is 2.65 bits per heavy atom. The number of amides is 2. The summed E-state index contributed by atoms with van der Waals surface area (Å²) >= 11 is 0. The zero-order valence-electron chi connectivity index (χ0n) is 11.1. The van der Waals surface area contributed by atoms with Crippen molar-refractivity contribution in [1.82, 2.24) is 10.6 Å². The van der Waals surface area contributed by atoms with E-state index >= 15 is 0 Å². The first-order valence-electron chi connectivity index (χ1n) is 6.67. The zero-order chi connectivity index (χ0) is 14.5. The number of hydrogen-bond acceptors (Lipinski definition) is 4. The minimum Gasteiger partial charge on any atom is -0.508 e. The van der Waals surface area contributed by atoms with E-state index in [1.165, 1.54) is 12.1 Å². The smallest absolute Gasteiger partial charge is 0.240 e. The minimum absolute atomic E-state index is 0.156. The summed E-state index contributed by atoms with van der Waals surface area (Å²) < 4.78 is 0. The minimum atomic E-state index is -0.741. The van der Waals surface area contributed by atoms with Crippen LogP contribution in [0.25, 0.3) is 0 Å². The first-order valence-corrected chi connectivity index (χ1v) is 6.67. The van der Waals surface area contributed by atoms with Crippen molar-refractivity contribution < 1.29 is 14.7 Å². The first kappa shape index (κ1) is 14.3. The number of benzene rings is 1. The van der Waals surface area contributed by atoms with E-state index in [2.05, 4.69) is 10.6 Å². The van der Waals surface area contributed by atoms with E-state index in [1.54, 1.807) is 12.1 Å². The molecule has 2 amide bonds. The predicted octanol–water partition coefficient (Wildman–Crippen LogP) is -0.343. The number of carbonyl (C=O) groups excluding carboxylic acids is 2. The Morgan fingerprint density at radius 1 is 1.40 bits per heavy atom. The Kier molecular flexibility index (Phi) is 4.57. The Balaban J connectivity index is 1.98. The fourth-order valence-electron chi connectivity index (χ4n) is 2.27. The highest BCUT2D eigenvalue weighted by atomic mass is 16.3. The van der Waals surface area contributed by atoms with Gasteiger partial charge in [-0.3, -0.25) is 9.59 Å². The topological polar surface area (TPSA) is 104 Å². The second-order valence-corrected chi connectivity index (χ2v) is 4.98. The van der Waals surface area contributed by atoms with Gasteiger partial charge < -0.3 is 21.5 Å².